The second kappa shape index (κ2) is 8.19. The molecule has 1 fully saturated rings. The van der Waals surface area contributed by atoms with Gasteiger partial charge < -0.3 is 9.62 Å². The molecule has 2 aromatic heterocycles. The third kappa shape index (κ3) is 4.62. The number of anilines is 2. The fourth-order valence-electron chi connectivity index (χ4n) is 2.59. The van der Waals surface area contributed by atoms with Crippen molar-refractivity contribution in [3.8, 4) is 6.07 Å². The Balaban J connectivity index is 1.49. The van der Waals surface area contributed by atoms with Crippen LogP contribution in [0.1, 0.15) is 31.0 Å². The molecule has 0 radical (unpaired) electrons. The van der Waals surface area contributed by atoms with Gasteiger partial charge in [-0.3, -0.25) is 0 Å². The summed E-state index contributed by atoms with van der Waals surface area (Å²) < 4.78 is 5.64. The van der Waals surface area contributed by atoms with E-state index in [0.717, 1.165) is 43.5 Å². The summed E-state index contributed by atoms with van der Waals surface area (Å²) in [5, 5.41) is 8.85. The number of nitrogens with zero attached hydrogens (tertiary/aromatic N) is 5. The molecule has 1 N–H and O–H groups in total. The molecule has 3 rings (SSSR count). The molecule has 1 aliphatic rings. The molecule has 1 saturated heterocycles. The standard InChI is InChI=1S/C18H22N6S/c1-14(2)16-4-3-5-17(21-16)22-25-24-10-8-23(9-11-24)18-7-6-15(12-19)13-20-18/h3-7,13-14H,8-11H2,1-2H3,(H,21,22). The molecule has 1 aliphatic heterocycles. The molecule has 6 nitrogen and oxygen atoms in total. The highest BCUT2D eigenvalue weighted by Gasteiger charge is 2.18. The molecule has 0 aromatic carbocycles. The minimum Gasteiger partial charge on any atom is -0.354 e. The maximum absolute atomic E-state index is 8.85. The first-order valence-electron chi connectivity index (χ1n) is 8.41. The van der Waals surface area contributed by atoms with Crippen molar-refractivity contribution in [3.63, 3.8) is 0 Å². The Hall–Kier alpha value is -2.30. The number of pyridine rings is 2. The van der Waals surface area contributed by atoms with Crippen LogP contribution in [0.15, 0.2) is 36.5 Å². The Morgan fingerprint density at radius 2 is 1.96 bits per heavy atom. The molecule has 25 heavy (non-hydrogen) atoms. The van der Waals surface area contributed by atoms with Gasteiger partial charge in [-0.15, -0.1) is 0 Å². The van der Waals surface area contributed by atoms with Crippen molar-refractivity contribution in [2.24, 2.45) is 0 Å². The van der Waals surface area contributed by atoms with Crippen molar-refractivity contribution in [3.05, 3.63) is 47.8 Å². The highest BCUT2D eigenvalue weighted by Crippen LogP contribution is 2.21. The molecular formula is C18H22N6S. The highest BCUT2D eigenvalue weighted by molar-refractivity contribution is 7.98. The molecule has 7 heteroatoms. The maximum atomic E-state index is 8.85. The summed E-state index contributed by atoms with van der Waals surface area (Å²) in [5.41, 5.74) is 1.69. The van der Waals surface area contributed by atoms with Gasteiger partial charge in [-0.25, -0.2) is 14.3 Å². The normalized spacial score (nSPS) is 15.2. The SMILES string of the molecule is CC(C)c1cccc(NSN2CCN(c3ccc(C#N)cn3)CC2)n1. The van der Waals surface area contributed by atoms with E-state index < -0.39 is 0 Å². The quantitative estimate of drug-likeness (QED) is 0.827. The van der Waals surface area contributed by atoms with Gasteiger partial charge in [0, 0.05) is 50.2 Å². The van der Waals surface area contributed by atoms with Gasteiger partial charge in [0.1, 0.15) is 17.7 Å². The van der Waals surface area contributed by atoms with E-state index in [-0.39, 0.29) is 0 Å². The van der Waals surface area contributed by atoms with Crippen LogP contribution in [0.3, 0.4) is 0 Å². The molecule has 3 heterocycles. The topological polar surface area (TPSA) is 68.1 Å². The first-order chi connectivity index (χ1) is 12.2. The summed E-state index contributed by atoms with van der Waals surface area (Å²) in [6.07, 6.45) is 1.63. The van der Waals surface area contributed by atoms with Crippen molar-refractivity contribution < 1.29 is 0 Å². The number of nitrogens with one attached hydrogen (secondary N) is 1. The second-order valence-corrected chi connectivity index (χ2v) is 7.13. The van der Waals surface area contributed by atoms with Crippen LogP contribution in [0.5, 0.6) is 0 Å². The zero-order chi connectivity index (χ0) is 17.6. The lowest BCUT2D eigenvalue weighted by atomic mass is 10.1. The Bertz CT molecular complexity index is 732. The minimum absolute atomic E-state index is 0.426. The van der Waals surface area contributed by atoms with Crippen LogP contribution in [0.25, 0.3) is 0 Å². The lowest BCUT2D eigenvalue weighted by Crippen LogP contribution is -2.44. The van der Waals surface area contributed by atoms with Crippen LogP contribution in [0.2, 0.25) is 0 Å². The average Bonchev–Trinajstić information content (AvgIpc) is 2.67. The van der Waals surface area contributed by atoms with Crippen LogP contribution in [-0.2, 0) is 0 Å². The molecule has 130 valence electrons. The lowest BCUT2D eigenvalue weighted by Gasteiger charge is -2.34. The molecule has 0 saturated carbocycles. The van der Waals surface area contributed by atoms with Gasteiger partial charge in [0.25, 0.3) is 0 Å². The van der Waals surface area contributed by atoms with Crippen molar-refractivity contribution in [1.82, 2.24) is 14.3 Å². The van der Waals surface area contributed by atoms with Gasteiger partial charge in [0.05, 0.1) is 5.56 Å². The van der Waals surface area contributed by atoms with Crippen LogP contribution in [0.4, 0.5) is 11.6 Å². The monoisotopic (exact) mass is 354 g/mol. The van der Waals surface area contributed by atoms with Crippen LogP contribution in [-0.4, -0.2) is 40.5 Å². The largest absolute Gasteiger partial charge is 0.354 e. The zero-order valence-electron chi connectivity index (χ0n) is 14.5. The van der Waals surface area contributed by atoms with E-state index in [2.05, 4.69) is 49.9 Å². The smallest absolute Gasteiger partial charge is 0.137 e. The van der Waals surface area contributed by atoms with E-state index in [0.29, 0.717) is 11.5 Å². The number of aromatic nitrogens is 2. The second-order valence-electron chi connectivity index (χ2n) is 6.23. The van der Waals surface area contributed by atoms with Crippen molar-refractivity contribution in [1.29, 1.82) is 5.26 Å². The third-order valence-corrected chi connectivity index (χ3v) is 5.00. The summed E-state index contributed by atoms with van der Waals surface area (Å²) in [6.45, 7) is 7.98. The Kier molecular flexibility index (Phi) is 5.74. The minimum atomic E-state index is 0.426. The van der Waals surface area contributed by atoms with Gasteiger partial charge in [0.15, 0.2) is 0 Å². The fourth-order valence-corrected chi connectivity index (χ4v) is 3.27. The molecule has 0 amide bonds. The predicted octanol–water partition coefficient (Wildman–Crippen LogP) is 3.27. The Labute approximate surface area is 153 Å². The number of rotatable bonds is 5. The van der Waals surface area contributed by atoms with Crippen molar-refractivity contribution >= 4 is 23.8 Å². The number of nitriles is 1. The van der Waals surface area contributed by atoms with Crippen LogP contribution >= 0.6 is 12.1 Å². The molecule has 2 aromatic rings. The fraction of sp³-hybridized carbons (Fsp3) is 0.389. The predicted molar refractivity (Wildman–Crippen MR) is 102 cm³/mol. The first kappa shape index (κ1) is 17.5. The van der Waals surface area contributed by atoms with Crippen molar-refractivity contribution in [2.75, 3.05) is 35.8 Å². The van der Waals surface area contributed by atoms with Crippen LogP contribution < -0.4 is 9.62 Å². The van der Waals surface area contributed by atoms with E-state index in [9.17, 15) is 0 Å². The molecule has 0 spiro atoms. The number of hydrogen-bond acceptors (Lipinski definition) is 7. The zero-order valence-corrected chi connectivity index (χ0v) is 15.3. The van der Waals surface area contributed by atoms with Gasteiger partial charge >= 0.3 is 0 Å². The number of piperazine rings is 1. The van der Waals surface area contributed by atoms with E-state index in [1.54, 1.807) is 18.3 Å². The Morgan fingerprint density at radius 1 is 1.16 bits per heavy atom. The molecule has 0 aliphatic carbocycles. The van der Waals surface area contributed by atoms with Gasteiger partial charge in [-0.1, -0.05) is 19.9 Å². The summed E-state index contributed by atoms with van der Waals surface area (Å²) in [7, 11) is 0. The first-order valence-corrected chi connectivity index (χ1v) is 9.19. The van der Waals surface area contributed by atoms with E-state index in [1.165, 1.54) is 0 Å². The highest BCUT2D eigenvalue weighted by atomic mass is 32.2. The van der Waals surface area contributed by atoms with E-state index >= 15 is 0 Å². The van der Waals surface area contributed by atoms with Gasteiger partial charge in [-0.05, 0) is 30.2 Å². The molecule has 0 atom stereocenters. The van der Waals surface area contributed by atoms with E-state index in [1.807, 2.05) is 24.3 Å². The van der Waals surface area contributed by atoms with Crippen molar-refractivity contribution in [2.45, 2.75) is 19.8 Å². The summed E-state index contributed by atoms with van der Waals surface area (Å²) in [5.74, 6) is 2.26. The molecular weight excluding hydrogens is 332 g/mol. The summed E-state index contributed by atoms with van der Waals surface area (Å²) in [4.78, 5) is 11.2. The van der Waals surface area contributed by atoms with Gasteiger partial charge in [-0.2, -0.15) is 5.26 Å². The van der Waals surface area contributed by atoms with E-state index in [4.69, 9.17) is 5.26 Å². The lowest BCUT2D eigenvalue weighted by molar-refractivity contribution is 0.429. The maximum Gasteiger partial charge on any atom is 0.137 e. The average molecular weight is 354 g/mol. The number of hydrogen-bond donors (Lipinski definition) is 1. The van der Waals surface area contributed by atoms with Gasteiger partial charge in [0.2, 0.25) is 0 Å². The summed E-state index contributed by atoms with van der Waals surface area (Å²) >= 11 is 1.60. The molecule has 0 bridgehead atoms. The third-order valence-electron chi connectivity index (χ3n) is 4.08. The summed E-state index contributed by atoms with van der Waals surface area (Å²) in [6, 6.07) is 11.9. The molecule has 0 unspecified atom stereocenters. The van der Waals surface area contributed by atoms with Crippen LogP contribution in [0, 0.1) is 11.3 Å². The Morgan fingerprint density at radius 3 is 2.60 bits per heavy atom.